The lowest BCUT2D eigenvalue weighted by Gasteiger charge is -2.32. The summed E-state index contributed by atoms with van der Waals surface area (Å²) in [5, 5.41) is 11.6. The molecule has 0 spiro atoms. The van der Waals surface area contributed by atoms with Gasteiger partial charge in [-0.3, -0.25) is 4.79 Å². The van der Waals surface area contributed by atoms with Crippen LogP contribution in [-0.2, 0) is 10.2 Å². The van der Waals surface area contributed by atoms with E-state index in [2.05, 4.69) is 11.4 Å². The van der Waals surface area contributed by atoms with Crippen molar-refractivity contribution in [2.75, 3.05) is 5.32 Å². The van der Waals surface area contributed by atoms with E-state index in [1.165, 1.54) is 0 Å². The number of hydrogen-bond acceptors (Lipinski definition) is 2. The highest BCUT2D eigenvalue weighted by atomic mass is 16.1. The highest BCUT2D eigenvalue weighted by Crippen LogP contribution is 2.37. The van der Waals surface area contributed by atoms with E-state index in [0.717, 1.165) is 11.3 Å². The topological polar surface area (TPSA) is 52.9 Å². The Hall–Kier alpha value is -1.82. The van der Waals surface area contributed by atoms with E-state index in [1.54, 1.807) is 12.1 Å². The fourth-order valence-corrected chi connectivity index (χ4v) is 2.00. The summed E-state index contributed by atoms with van der Waals surface area (Å²) in [6.45, 7) is 4.08. The fourth-order valence-electron chi connectivity index (χ4n) is 2.00. The third-order valence-corrected chi connectivity index (χ3v) is 2.75. The molecule has 1 amide bonds. The first-order valence-corrected chi connectivity index (χ1v) is 4.87. The van der Waals surface area contributed by atoms with Gasteiger partial charge in [-0.15, -0.1) is 0 Å². The monoisotopic (exact) mass is 200 g/mol. The van der Waals surface area contributed by atoms with Crippen molar-refractivity contribution in [3.05, 3.63) is 29.3 Å². The van der Waals surface area contributed by atoms with Crippen LogP contribution < -0.4 is 5.32 Å². The van der Waals surface area contributed by atoms with E-state index in [1.807, 2.05) is 19.9 Å². The van der Waals surface area contributed by atoms with Gasteiger partial charge in [-0.05, 0) is 17.7 Å². The van der Waals surface area contributed by atoms with Crippen LogP contribution in [0.4, 0.5) is 5.69 Å². The Kier molecular flexibility index (Phi) is 2.01. The summed E-state index contributed by atoms with van der Waals surface area (Å²) in [5.41, 5.74) is 2.30. The molecule has 1 heterocycles. The Morgan fingerprint density at radius 3 is 2.87 bits per heavy atom. The molecule has 0 atom stereocenters. The third-order valence-electron chi connectivity index (χ3n) is 2.75. The first-order chi connectivity index (χ1) is 7.03. The minimum absolute atomic E-state index is 0.0163. The molecule has 1 aromatic carbocycles. The Labute approximate surface area is 88.7 Å². The summed E-state index contributed by atoms with van der Waals surface area (Å²) in [5.74, 6) is 0.0163. The van der Waals surface area contributed by atoms with Crippen LogP contribution in [0.2, 0.25) is 0 Å². The molecule has 1 N–H and O–H groups in total. The van der Waals surface area contributed by atoms with E-state index >= 15 is 0 Å². The standard InChI is InChI=1S/C12H12N2O/c1-12(2)6-11(15)14-10-5-8(7-13)3-4-9(10)12/h3-5H,6H2,1-2H3,(H,14,15). The van der Waals surface area contributed by atoms with Gasteiger partial charge >= 0.3 is 0 Å². The van der Waals surface area contributed by atoms with Crippen molar-refractivity contribution in [1.82, 2.24) is 0 Å². The van der Waals surface area contributed by atoms with Crippen molar-refractivity contribution < 1.29 is 4.79 Å². The van der Waals surface area contributed by atoms with Crippen LogP contribution >= 0.6 is 0 Å². The second-order valence-corrected chi connectivity index (χ2v) is 4.48. The molecule has 0 bridgehead atoms. The summed E-state index contributed by atoms with van der Waals surface area (Å²) >= 11 is 0. The number of benzene rings is 1. The second-order valence-electron chi connectivity index (χ2n) is 4.48. The number of carbonyl (C=O) groups is 1. The van der Waals surface area contributed by atoms with Gasteiger partial charge in [0.2, 0.25) is 5.91 Å². The zero-order chi connectivity index (χ0) is 11.1. The van der Waals surface area contributed by atoms with E-state index in [0.29, 0.717) is 12.0 Å². The average molecular weight is 200 g/mol. The van der Waals surface area contributed by atoms with E-state index < -0.39 is 0 Å². The molecule has 1 aliphatic heterocycles. The summed E-state index contributed by atoms with van der Waals surface area (Å²) in [6, 6.07) is 7.51. The highest BCUT2D eigenvalue weighted by Gasteiger charge is 2.31. The molecule has 15 heavy (non-hydrogen) atoms. The van der Waals surface area contributed by atoms with Gasteiger partial charge in [0.25, 0.3) is 0 Å². The van der Waals surface area contributed by atoms with Gasteiger partial charge in [0.05, 0.1) is 11.6 Å². The lowest BCUT2D eigenvalue weighted by molar-refractivity contribution is -0.117. The summed E-state index contributed by atoms with van der Waals surface area (Å²) in [4.78, 5) is 11.4. The van der Waals surface area contributed by atoms with E-state index in [4.69, 9.17) is 5.26 Å². The molecule has 0 fully saturated rings. The molecule has 2 rings (SSSR count). The van der Waals surface area contributed by atoms with Crippen LogP contribution in [0, 0.1) is 11.3 Å². The molecule has 0 saturated heterocycles. The van der Waals surface area contributed by atoms with Crippen LogP contribution in [0.5, 0.6) is 0 Å². The van der Waals surface area contributed by atoms with Gasteiger partial charge in [-0.2, -0.15) is 5.26 Å². The number of nitrogens with zero attached hydrogens (tertiary/aromatic N) is 1. The van der Waals surface area contributed by atoms with Crippen molar-refractivity contribution in [2.45, 2.75) is 25.7 Å². The van der Waals surface area contributed by atoms with Crippen molar-refractivity contribution in [1.29, 1.82) is 5.26 Å². The van der Waals surface area contributed by atoms with Gasteiger partial charge in [0.15, 0.2) is 0 Å². The molecule has 3 nitrogen and oxygen atoms in total. The third kappa shape index (κ3) is 1.59. The van der Waals surface area contributed by atoms with Gasteiger partial charge in [0.1, 0.15) is 0 Å². The first-order valence-electron chi connectivity index (χ1n) is 4.87. The molecule has 3 heteroatoms. The lowest BCUT2D eigenvalue weighted by Crippen LogP contribution is -2.32. The molecule has 0 saturated carbocycles. The zero-order valence-electron chi connectivity index (χ0n) is 8.79. The van der Waals surface area contributed by atoms with Crippen LogP contribution in [0.3, 0.4) is 0 Å². The number of fused-ring (bicyclic) bond motifs is 1. The SMILES string of the molecule is CC1(C)CC(=O)Nc2cc(C#N)ccc21. The Balaban J connectivity index is 2.58. The molecule has 0 radical (unpaired) electrons. The molecular formula is C12H12N2O. The van der Waals surface area contributed by atoms with Crippen LogP contribution in [0.1, 0.15) is 31.4 Å². The largest absolute Gasteiger partial charge is 0.326 e. The molecule has 1 aromatic rings. The van der Waals surface area contributed by atoms with Gasteiger partial charge in [-0.25, -0.2) is 0 Å². The maximum Gasteiger partial charge on any atom is 0.225 e. The van der Waals surface area contributed by atoms with Gasteiger partial charge < -0.3 is 5.32 Å². The molecule has 0 aliphatic carbocycles. The van der Waals surface area contributed by atoms with Gasteiger partial charge in [-0.1, -0.05) is 19.9 Å². The smallest absolute Gasteiger partial charge is 0.225 e. The van der Waals surface area contributed by atoms with Crippen molar-refractivity contribution in [3.63, 3.8) is 0 Å². The molecular weight excluding hydrogens is 188 g/mol. The minimum atomic E-state index is -0.147. The average Bonchev–Trinajstić information content (AvgIpc) is 2.15. The summed E-state index contributed by atoms with van der Waals surface area (Å²) in [6.07, 6.45) is 0.492. The number of nitriles is 1. The maximum atomic E-state index is 11.4. The number of hydrogen-bond donors (Lipinski definition) is 1. The van der Waals surface area contributed by atoms with Crippen molar-refractivity contribution in [3.8, 4) is 6.07 Å². The fraction of sp³-hybridized carbons (Fsp3) is 0.333. The van der Waals surface area contributed by atoms with E-state index in [9.17, 15) is 4.79 Å². The van der Waals surface area contributed by atoms with Crippen LogP contribution in [0.15, 0.2) is 18.2 Å². The lowest BCUT2D eigenvalue weighted by atomic mass is 9.78. The predicted octanol–water partition coefficient (Wildman–Crippen LogP) is 2.18. The number of nitrogens with one attached hydrogen (secondary N) is 1. The molecule has 0 unspecified atom stereocenters. The first kappa shape index (κ1) is 9.72. The second kappa shape index (κ2) is 3.09. The maximum absolute atomic E-state index is 11.4. The zero-order valence-corrected chi connectivity index (χ0v) is 8.79. The summed E-state index contributed by atoms with van der Waals surface area (Å²) < 4.78 is 0. The number of carbonyl (C=O) groups excluding carboxylic acids is 1. The summed E-state index contributed by atoms with van der Waals surface area (Å²) in [7, 11) is 0. The van der Waals surface area contributed by atoms with Gasteiger partial charge in [0, 0.05) is 17.5 Å². The quantitative estimate of drug-likeness (QED) is 0.697. The predicted molar refractivity (Wildman–Crippen MR) is 57.4 cm³/mol. The molecule has 1 aliphatic rings. The molecule has 0 aromatic heterocycles. The van der Waals surface area contributed by atoms with Crippen molar-refractivity contribution in [2.24, 2.45) is 0 Å². The van der Waals surface area contributed by atoms with Crippen molar-refractivity contribution >= 4 is 11.6 Å². The van der Waals surface area contributed by atoms with Crippen LogP contribution in [0.25, 0.3) is 0 Å². The highest BCUT2D eigenvalue weighted by molar-refractivity contribution is 5.95. The number of rotatable bonds is 0. The number of amides is 1. The Morgan fingerprint density at radius 2 is 2.20 bits per heavy atom. The Bertz CT molecular complexity index is 469. The van der Waals surface area contributed by atoms with E-state index in [-0.39, 0.29) is 11.3 Å². The van der Waals surface area contributed by atoms with Crippen LogP contribution in [-0.4, -0.2) is 5.91 Å². The minimum Gasteiger partial charge on any atom is -0.326 e. The normalized spacial score (nSPS) is 17.5. The molecule has 76 valence electrons. The number of anilines is 1. The Morgan fingerprint density at radius 1 is 1.47 bits per heavy atom.